The van der Waals surface area contributed by atoms with Gasteiger partial charge in [0.2, 0.25) is 5.91 Å². The molecular weight excluding hydrogens is 204 g/mol. The van der Waals surface area contributed by atoms with Gasteiger partial charge in [0.05, 0.1) is 5.60 Å². The van der Waals surface area contributed by atoms with Crippen LogP contribution in [0.4, 0.5) is 0 Å². The van der Waals surface area contributed by atoms with Gasteiger partial charge < -0.3 is 15.8 Å². The molecule has 16 heavy (non-hydrogen) atoms. The van der Waals surface area contributed by atoms with Crippen molar-refractivity contribution < 1.29 is 9.53 Å². The summed E-state index contributed by atoms with van der Waals surface area (Å²) in [4.78, 5) is 11.6. The quantitative estimate of drug-likeness (QED) is 0.692. The van der Waals surface area contributed by atoms with E-state index in [1.165, 1.54) is 0 Å². The van der Waals surface area contributed by atoms with E-state index >= 15 is 0 Å². The second-order valence-electron chi connectivity index (χ2n) is 5.08. The van der Waals surface area contributed by atoms with Crippen LogP contribution in [0.25, 0.3) is 0 Å². The molecule has 4 nitrogen and oxygen atoms in total. The fraction of sp³-hybridized carbons (Fsp3) is 0.917. The van der Waals surface area contributed by atoms with Gasteiger partial charge in [-0.05, 0) is 26.7 Å². The fourth-order valence-electron chi connectivity index (χ4n) is 1.28. The van der Waals surface area contributed by atoms with E-state index in [1.807, 2.05) is 34.6 Å². The highest BCUT2D eigenvalue weighted by Gasteiger charge is 2.19. The smallest absolute Gasteiger partial charge is 0.221 e. The lowest BCUT2D eigenvalue weighted by atomic mass is 10.0. The van der Waals surface area contributed by atoms with Crippen molar-refractivity contribution in [2.24, 2.45) is 11.7 Å². The Morgan fingerprint density at radius 2 is 2.00 bits per heavy atom. The van der Waals surface area contributed by atoms with Gasteiger partial charge in [-0.25, -0.2) is 0 Å². The zero-order valence-corrected chi connectivity index (χ0v) is 11.2. The van der Waals surface area contributed by atoms with Crippen LogP contribution in [0.3, 0.4) is 0 Å². The molecule has 0 spiro atoms. The summed E-state index contributed by atoms with van der Waals surface area (Å²) < 4.78 is 5.49. The normalized spacial score (nSPS) is 13.9. The van der Waals surface area contributed by atoms with Crippen molar-refractivity contribution in [3.05, 3.63) is 0 Å². The maximum Gasteiger partial charge on any atom is 0.221 e. The molecule has 0 bridgehead atoms. The van der Waals surface area contributed by atoms with Gasteiger partial charge in [0, 0.05) is 25.6 Å². The van der Waals surface area contributed by atoms with Crippen molar-refractivity contribution >= 4 is 5.91 Å². The number of rotatable bonds is 7. The van der Waals surface area contributed by atoms with Gasteiger partial charge in [0.15, 0.2) is 0 Å². The van der Waals surface area contributed by atoms with Gasteiger partial charge in [0.1, 0.15) is 0 Å². The Bertz CT molecular complexity index is 215. The zero-order chi connectivity index (χ0) is 12.8. The second-order valence-corrected chi connectivity index (χ2v) is 5.08. The van der Waals surface area contributed by atoms with Crippen LogP contribution >= 0.6 is 0 Å². The van der Waals surface area contributed by atoms with Gasteiger partial charge in [-0.3, -0.25) is 4.79 Å². The summed E-state index contributed by atoms with van der Waals surface area (Å²) in [5, 5.41) is 2.85. The number of hydrogen-bond donors (Lipinski definition) is 2. The zero-order valence-electron chi connectivity index (χ0n) is 11.2. The first-order valence-corrected chi connectivity index (χ1v) is 5.94. The van der Waals surface area contributed by atoms with E-state index in [4.69, 9.17) is 10.5 Å². The minimum atomic E-state index is -0.313. The topological polar surface area (TPSA) is 64.3 Å². The Balaban J connectivity index is 3.89. The van der Waals surface area contributed by atoms with Crippen molar-refractivity contribution in [3.63, 3.8) is 0 Å². The molecule has 0 aliphatic carbocycles. The summed E-state index contributed by atoms with van der Waals surface area (Å²) >= 11 is 0. The molecule has 0 rings (SSSR count). The summed E-state index contributed by atoms with van der Waals surface area (Å²) in [5.41, 5.74) is 5.51. The molecule has 0 fully saturated rings. The van der Waals surface area contributed by atoms with Crippen molar-refractivity contribution in [2.45, 2.75) is 52.7 Å². The predicted octanol–water partition coefficient (Wildman–Crippen LogP) is 1.29. The average Bonchev–Trinajstić information content (AvgIpc) is 2.14. The minimum absolute atomic E-state index is 0.00558. The first-order chi connectivity index (χ1) is 7.28. The molecule has 0 aliphatic heterocycles. The van der Waals surface area contributed by atoms with E-state index < -0.39 is 0 Å². The third-order valence-corrected chi connectivity index (χ3v) is 2.52. The van der Waals surface area contributed by atoms with E-state index in [-0.39, 0.29) is 17.6 Å². The average molecular weight is 230 g/mol. The molecule has 1 unspecified atom stereocenters. The molecule has 0 radical (unpaired) electrons. The van der Waals surface area contributed by atoms with Crippen molar-refractivity contribution in [2.75, 3.05) is 13.2 Å². The molecule has 0 saturated carbocycles. The predicted molar refractivity (Wildman–Crippen MR) is 66.1 cm³/mol. The van der Waals surface area contributed by atoms with E-state index in [1.54, 1.807) is 0 Å². The molecule has 0 aromatic rings. The second kappa shape index (κ2) is 6.86. The first kappa shape index (κ1) is 15.4. The molecule has 1 atom stereocenters. The minimum Gasteiger partial charge on any atom is -0.374 e. The first-order valence-electron chi connectivity index (χ1n) is 5.94. The van der Waals surface area contributed by atoms with Crippen LogP contribution in [0.5, 0.6) is 0 Å². The number of carbonyl (C=O) groups is 1. The van der Waals surface area contributed by atoms with Gasteiger partial charge in [-0.2, -0.15) is 0 Å². The molecular formula is C12H26N2O2. The summed E-state index contributed by atoms with van der Waals surface area (Å²) in [6.07, 6.45) is 0.375. The SMILES string of the molecule is CCOC(C)(C)CNC(=O)CC(N)C(C)C. The van der Waals surface area contributed by atoms with Crippen LogP contribution in [-0.2, 0) is 9.53 Å². The van der Waals surface area contributed by atoms with Crippen LogP contribution in [0.1, 0.15) is 41.0 Å². The van der Waals surface area contributed by atoms with E-state index in [0.717, 1.165) is 0 Å². The van der Waals surface area contributed by atoms with Crippen LogP contribution in [0.2, 0.25) is 0 Å². The molecule has 1 amide bonds. The highest BCUT2D eigenvalue weighted by Crippen LogP contribution is 2.07. The van der Waals surface area contributed by atoms with E-state index in [9.17, 15) is 4.79 Å². The Hall–Kier alpha value is -0.610. The van der Waals surface area contributed by atoms with Gasteiger partial charge in [-0.1, -0.05) is 13.8 Å². The summed E-state index contributed by atoms with van der Waals surface area (Å²) in [6.45, 7) is 11.1. The Morgan fingerprint density at radius 1 is 1.44 bits per heavy atom. The number of nitrogens with one attached hydrogen (secondary N) is 1. The third-order valence-electron chi connectivity index (χ3n) is 2.52. The van der Waals surface area contributed by atoms with Crippen molar-refractivity contribution in [3.8, 4) is 0 Å². The molecule has 0 aromatic heterocycles. The van der Waals surface area contributed by atoms with E-state index in [2.05, 4.69) is 5.32 Å². The van der Waals surface area contributed by atoms with Crippen LogP contribution in [0, 0.1) is 5.92 Å². The molecule has 96 valence electrons. The summed E-state index contributed by atoms with van der Waals surface area (Å²) in [6, 6.07) is -0.0739. The number of amides is 1. The molecule has 3 N–H and O–H groups in total. The third kappa shape index (κ3) is 6.80. The Labute approximate surface area is 98.9 Å². The molecule has 0 heterocycles. The molecule has 0 aromatic carbocycles. The van der Waals surface area contributed by atoms with Crippen LogP contribution < -0.4 is 11.1 Å². The van der Waals surface area contributed by atoms with Crippen molar-refractivity contribution in [1.29, 1.82) is 0 Å². The van der Waals surface area contributed by atoms with Crippen LogP contribution in [0.15, 0.2) is 0 Å². The van der Waals surface area contributed by atoms with Gasteiger partial charge in [0.25, 0.3) is 0 Å². The molecule has 0 saturated heterocycles. The number of ether oxygens (including phenoxy) is 1. The fourth-order valence-corrected chi connectivity index (χ4v) is 1.28. The Morgan fingerprint density at radius 3 is 2.44 bits per heavy atom. The number of nitrogens with two attached hydrogens (primary N) is 1. The highest BCUT2D eigenvalue weighted by molar-refractivity contribution is 5.76. The molecule has 4 heteroatoms. The number of hydrogen-bond acceptors (Lipinski definition) is 3. The lowest BCUT2D eigenvalue weighted by molar-refractivity contribution is -0.123. The van der Waals surface area contributed by atoms with E-state index in [0.29, 0.717) is 25.5 Å². The largest absolute Gasteiger partial charge is 0.374 e. The standard InChI is InChI=1S/C12H26N2O2/c1-6-16-12(4,5)8-14-11(15)7-10(13)9(2)3/h9-10H,6-8,13H2,1-5H3,(H,14,15). The Kier molecular flexibility index (Phi) is 6.60. The maximum absolute atomic E-state index is 11.6. The summed E-state index contributed by atoms with van der Waals surface area (Å²) in [5.74, 6) is 0.319. The van der Waals surface area contributed by atoms with Gasteiger partial charge >= 0.3 is 0 Å². The van der Waals surface area contributed by atoms with Crippen molar-refractivity contribution in [1.82, 2.24) is 5.32 Å². The van der Waals surface area contributed by atoms with Gasteiger partial charge in [-0.15, -0.1) is 0 Å². The maximum atomic E-state index is 11.6. The lowest BCUT2D eigenvalue weighted by Gasteiger charge is -2.25. The summed E-state index contributed by atoms with van der Waals surface area (Å²) in [7, 11) is 0. The highest BCUT2D eigenvalue weighted by atomic mass is 16.5. The number of carbonyl (C=O) groups excluding carboxylic acids is 1. The van der Waals surface area contributed by atoms with Crippen LogP contribution in [-0.4, -0.2) is 30.7 Å². The lowest BCUT2D eigenvalue weighted by Crippen LogP contribution is -2.42. The molecule has 0 aliphatic rings. The monoisotopic (exact) mass is 230 g/mol.